The summed E-state index contributed by atoms with van der Waals surface area (Å²) in [6.45, 7) is 0.844. The molecule has 0 atom stereocenters. The van der Waals surface area contributed by atoms with Crippen molar-refractivity contribution in [2.45, 2.75) is 13.0 Å². The van der Waals surface area contributed by atoms with Gasteiger partial charge in [0.25, 0.3) is 0 Å². The monoisotopic (exact) mass is 281 g/mol. The number of aromatic carboxylic acids is 1. The molecule has 1 aromatic carbocycles. The Kier molecular flexibility index (Phi) is 4.47. The zero-order chi connectivity index (χ0) is 14.5. The molecule has 1 aromatic heterocycles. The van der Waals surface area contributed by atoms with Crippen LogP contribution in [0, 0.1) is 11.6 Å². The van der Waals surface area contributed by atoms with Crippen molar-refractivity contribution in [3.05, 3.63) is 59.1 Å². The van der Waals surface area contributed by atoms with Gasteiger partial charge in [-0.3, -0.25) is 0 Å². The van der Waals surface area contributed by atoms with Crippen LogP contribution < -0.4 is 5.32 Å². The molecule has 2 rings (SSSR count). The highest BCUT2D eigenvalue weighted by Gasteiger charge is 2.08. The van der Waals surface area contributed by atoms with Crippen molar-refractivity contribution < 1.29 is 23.1 Å². The van der Waals surface area contributed by atoms with Crippen LogP contribution in [0.2, 0.25) is 0 Å². The second kappa shape index (κ2) is 6.29. The second-order valence-electron chi connectivity index (χ2n) is 4.28. The number of carbonyl (C=O) groups is 1. The van der Waals surface area contributed by atoms with E-state index in [1.807, 2.05) is 0 Å². The van der Waals surface area contributed by atoms with E-state index in [-0.39, 0.29) is 5.76 Å². The Balaban J connectivity index is 1.79. The number of carboxylic acid groups (broad SMARTS) is 1. The number of benzene rings is 1. The fraction of sp³-hybridized carbons (Fsp3) is 0.214. The van der Waals surface area contributed by atoms with Crippen LogP contribution in [-0.4, -0.2) is 17.6 Å². The first-order valence-corrected chi connectivity index (χ1v) is 6.02. The van der Waals surface area contributed by atoms with E-state index in [1.54, 1.807) is 6.07 Å². The molecule has 0 amide bonds. The maximum absolute atomic E-state index is 12.9. The van der Waals surface area contributed by atoms with Gasteiger partial charge in [0.2, 0.25) is 5.76 Å². The lowest BCUT2D eigenvalue weighted by Gasteiger charge is -2.04. The molecule has 0 saturated heterocycles. The lowest BCUT2D eigenvalue weighted by molar-refractivity contribution is 0.0660. The van der Waals surface area contributed by atoms with Crippen LogP contribution in [0.1, 0.15) is 21.9 Å². The number of carboxylic acids is 1. The maximum Gasteiger partial charge on any atom is 0.371 e. The molecule has 106 valence electrons. The van der Waals surface area contributed by atoms with Gasteiger partial charge in [-0.15, -0.1) is 0 Å². The van der Waals surface area contributed by atoms with Crippen molar-refractivity contribution in [3.63, 3.8) is 0 Å². The highest BCUT2D eigenvalue weighted by atomic mass is 19.1. The Hall–Kier alpha value is -2.21. The third-order valence-electron chi connectivity index (χ3n) is 2.68. The van der Waals surface area contributed by atoms with Crippen molar-refractivity contribution in [1.29, 1.82) is 0 Å². The van der Waals surface area contributed by atoms with Crippen molar-refractivity contribution in [1.82, 2.24) is 5.32 Å². The third kappa shape index (κ3) is 3.89. The van der Waals surface area contributed by atoms with Gasteiger partial charge in [0, 0.05) is 6.07 Å². The third-order valence-corrected chi connectivity index (χ3v) is 2.68. The van der Waals surface area contributed by atoms with Gasteiger partial charge in [0.15, 0.2) is 0 Å². The standard InChI is InChI=1S/C14H13F2NO3/c15-10-5-9(6-11(16)7-10)3-4-17-8-12-1-2-13(20-12)14(18)19/h1-2,5-7,17H,3-4,8H2,(H,18,19). The van der Waals surface area contributed by atoms with E-state index >= 15 is 0 Å². The van der Waals surface area contributed by atoms with E-state index in [0.717, 1.165) is 6.07 Å². The SMILES string of the molecule is O=C(O)c1ccc(CNCCc2cc(F)cc(F)c2)o1. The van der Waals surface area contributed by atoms with Gasteiger partial charge in [0.1, 0.15) is 17.4 Å². The number of hydrogen-bond acceptors (Lipinski definition) is 3. The van der Waals surface area contributed by atoms with Crippen molar-refractivity contribution >= 4 is 5.97 Å². The summed E-state index contributed by atoms with van der Waals surface area (Å²) in [5.74, 6) is -1.94. The normalized spacial score (nSPS) is 10.7. The van der Waals surface area contributed by atoms with Crippen LogP contribution in [0.4, 0.5) is 8.78 Å². The molecule has 0 spiro atoms. The summed E-state index contributed by atoms with van der Waals surface area (Å²) in [5, 5.41) is 11.7. The van der Waals surface area contributed by atoms with Gasteiger partial charge in [-0.05, 0) is 42.8 Å². The minimum Gasteiger partial charge on any atom is -0.475 e. The molecule has 2 aromatic rings. The molecule has 0 aliphatic carbocycles. The minimum absolute atomic E-state index is 0.117. The number of nitrogens with one attached hydrogen (secondary N) is 1. The molecule has 4 nitrogen and oxygen atoms in total. The molecule has 0 unspecified atom stereocenters. The summed E-state index contributed by atoms with van der Waals surface area (Å²) in [6, 6.07) is 6.33. The summed E-state index contributed by atoms with van der Waals surface area (Å²) < 4.78 is 31.0. The molecular formula is C14H13F2NO3. The van der Waals surface area contributed by atoms with Crippen LogP contribution in [0.25, 0.3) is 0 Å². The van der Waals surface area contributed by atoms with E-state index in [1.165, 1.54) is 18.2 Å². The Morgan fingerprint density at radius 3 is 2.50 bits per heavy atom. The van der Waals surface area contributed by atoms with Crippen molar-refractivity contribution in [2.75, 3.05) is 6.54 Å². The van der Waals surface area contributed by atoms with Crippen molar-refractivity contribution in [2.24, 2.45) is 0 Å². The first-order valence-electron chi connectivity index (χ1n) is 6.02. The van der Waals surface area contributed by atoms with E-state index in [4.69, 9.17) is 9.52 Å². The van der Waals surface area contributed by atoms with Crippen LogP contribution in [-0.2, 0) is 13.0 Å². The van der Waals surface area contributed by atoms with Gasteiger partial charge in [-0.1, -0.05) is 0 Å². The quantitative estimate of drug-likeness (QED) is 0.799. The molecule has 0 saturated carbocycles. The molecule has 0 radical (unpaired) electrons. The van der Waals surface area contributed by atoms with Crippen LogP contribution in [0.5, 0.6) is 0 Å². The molecule has 0 aliphatic rings. The average Bonchev–Trinajstić information content (AvgIpc) is 2.82. The molecule has 2 N–H and O–H groups in total. The van der Waals surface area contributed by atoms with E-state index in [0.29, 0.717) is 30.8 Å². The first-order chi connectivity index (χ1) is 9.54. The molecule has 6 heteroatoms. The smallest absolute Gasteiger partial charge is 0.371 e. The molecule has 0 fully saturated rings. The predicted molar refractivity (Wildman–Crippen MR) is 67.4 cm³/mol. The number of hydrogen-bond donors (Lipinski definition) is 2. The molecule has 1 heterocycles. The van der Waals surface area contributed by atoms with E-state index in [9.17, 15) is 13.6 Å². The summed E-state index contributed by atoms with van der Waals surface area (Å²) in [4.78, 5) is 10.6. The largest absolute Gasteiger partial charge is 0.475 e. The second-order valence-corrected chi connectivity index (χ2v) is 4.28. The van der Waals surface area contributed by atoms with Gasteiger partial charge in [-0.25, -0.2) is 13.6 Å². The van der Waals surface area contributed by atoms with Crippen molar-refractivity contribution in [3.8, 4) is 0 Å². The van der Waals surface area contributed by atoms with E-state index < -0.39 is 17.6 Å². The zero-order valence-corrected chi connectivity index (χ0v) is 10.5. The summed E-state index contributed by atoms with van der Waals surface area (Å²) in [5.41, 5.74) is 0.556. The Bertz CT molecular complexity index is 590. The van der Waals surface area contributed by atoms with Crippen LogP contribution in [0.15, 0.2) is 34.7 Å². The highest BCUT2D eigenvalue weighted by molar-refractivity contribution is 5.84. The Labute approximate surface area is 114 Å². The summed E-state index contributed by atoms with van der Waals surface area (Å²) >= 11 is 0. The molecular weight excluding hydrogens is 268 g/mol. The van der Waals surface area contributed by atoms with Gasteiger partial charge < -0.3 is 14.8 Å². The fourth-order valence-electron chi connectivity index (χ4n) is 1.79. The topological polar surface area (TPSA) is 62.5 Å². The number of furan rings is 1. The summed E-state index contributed by atoms with van der Waals surface area (Å²) in [6.07, 6.45) is 0.460. The predicted octanol–water partition coefficient (Wildman–Crippen LogP) is 2.59. The van der Waals surface area contributed by atoms with Crippen LogP contribution in [0.3, 0.4) is 0 Å². The maximum atomic E-state index is 12.9. The lowest BCUT2D eigenvalue weighted by Crippen LogP contribution is -2.16. The van der Waals surface area contributed by atoms with Gasteiger partial charge in [0.05, 0.1) is 6.54 Å². The lowest BCUT2D eigenvalue weighted by atomic mass is 10.1. The minimum atomic E-state index is -1.12. The van der Waals surface area contributed by atoms with Crippen LogP contribution >= 0.6 is 0 Å². The Morgan fingerprint density at radius 2 is 1.90 bits per heavy atom. The molecule has 0 aliphatic heterocycles. The number of halogens is 2. The zero-order valence-electron chi connectivity index (χ0n) is 10.5. The Morgan fingerprint density at radius 1 is 1.20 bits per heavy atom. The molecule has 20 heavy (non-hydrogen) atoms. The average molecular weight is 281 g/mol. The van der Waals surface area contributed by atoms with Gasteiger partial charge in [-0.2, -0.15) is 0 Å². The number of rotatable bonds is 6. The first kappa shape index (κ1) is 14.2. The summed E-state index contributed by atoms with van der Waals surface area (Å²) in [7, 11) is 0. The van der Waals surface area contributed by atoms with E-state index in [2.05, 4.69) is 5.32 Å². The molecule has 0 bridgehead atoms. The fourth-order valence-corrected chi connectivity index (χ4v) is 1.79. The van der Waals surface area contributed by atoms with Gasteiger partial charge >= 0.3 is 5.97 Å². The highest BCUT2D eigenvalue weighted by Crippen LogP contribution is 2.09.